The summed E-state index contributed by atoms with van der Waals surface area (Å²) in [7, 11) is 0. The van der Waals surface area contributed by atoms with E-state index in [1.54, 1.807) is 6.07 Å². The van der Waals surface area contributed by atoms with Crippen LogP contribution in [0.25, 0.3) is 0 Å². The summed E-state index contributed by atoms with van der Waals surface area (Å²) in [5.41, 5.74) is 2.01. The third-order valence-corrected chi connectivity index (χ3v) is 3.04. The summed E-state index contributed by atoms with van der Waals surface area (Å²) in [6.07, 6.45) is 2.11. The molecule has 84 valence electrons. The molecule has 1 amide bonds. The van der Waals surface area contributed by atoms with Crippen LogP contribution in [-0.2, 0) is 11.2 Å². The van der Waals surface area contributed by atoms with Gasteiger partial charge in [-0.3, -0.25) is 4.79 Å². The number of nitrogens with one attached hydrogen (secondary N) is 1. The first-order chi connectivity index (χ1) is 7.61. The van der Waals surface area contributed by atoms with Gasteiger partial charge in [-0.05, 0) is 41.7 Å². The molecule has 1 aliphatic carbocycles. The molecule has 1 aromatic carbocycles. The van der Waals surface area contributed by atoms with E-state index in [0.717, 1.165) is 17.5 Å². The van der Waals surface area contributed by atoms with E-state index in [-0.39, 0.29) is 17.8 Å². The Kier molecular flexibility index (Phi) is 2.77. The van der Waals surface area contributed by atoms with Crippen molar-refractivity contribution in [1.29, 1.82) is 0 Å². The summed E-state index contributed by atoms with van der Waals surface area (Å²) < 4.78 is 13.1. The Morgan fingerprint density at radius 2 is 2.38 bits per heavy atom. The molecule has 2 rings (SSSR count). The lowest BCUT2D eigenvalue weighted by Gasteiger charge is -2.17. The lowest BCUT2D eigenvalue weighted by atomic mass is 10.0. The monoisotopic (exact) mass is 219 g/mol. The van der Waals surface area contributed by atoms with Crippen molar-refractivity contribution < 1.29 is 9.18 Å². The number of amides is 1. The maximum absolute atomic E-state index is 13.1. The Balaban J connectivity index is 2.31. The molecule has 0 saturated carbocycles. The lowest BCUT2D eigenvalue weighted by molar-refractivity contribution is -0.117. The zero-order chi connectivity index (χ0) is 11.7. The summed E-state index contributed by atoms with van der Waals surface area (Å²) in [5, 5.41) is 2.84. The highest BCUT2D eigenvalue weighted by Crippen LogP contribution is 2.36. The van der Waals surface area contributed by atoms with Crippen LogP contribution in [0, 0.1) is 11.7 Å². The van der Waals surface area contributed by atoms with Crippen LogP contribution in [-0.4, -0.2) is 5.91 Å². The molecule has 16 heavy (non-hydrogen) atoms. The first kappa shape index (κ1) is 10.9. The van der Waals surface area contributed by atoms with Gasteiger partial charge in [-0.1, -0.05) is 19.6 Å². The largest absolute Gasteiger partial charge is 0.345 e. The van der Waals surface area contributed by atoms with E-state index < -0.39 is 0 Å². The fourth-order valence-corrected chi connectivity index (χ4v) is 2.24. The predicted molar refractivity (Wildman–Crippen MR) is 60.3 cm³/mol. The van der Waals surface area contributed by atoms with Crippen LogP contribution in [0.4, 0.5) is 4.39 Å². The van der Waals surface area contributed by atoms with Crippen molar-refractivity contribution in [1.82, 2.24) is 5.32 Å². The van der Waals surface area contributed by atoms with Gasteiger partial charge < -0.3 is 5.32 Å². The molecule has 0 aliphatic heterocycles. The number of carbonyl (C=O) groups is 1. The molecule has 1 aliphatic rings. The molecule has 0 spiro atoms. The minimum Gasteiger partial charge on any atom is -0.345 e. The van der Waals surface area contributed by atoms with Crippen LogP contribution in [0.1, 0.15) is 24.1 Å². The van der Waals surface area contributed by atoms with Gasteiger partial charge in [-0.25, -0.2) is 4.39 Å². The van der Waals surface area contributed by atoms with E-state index in [4.69, 9.17) is 0 Å². The second-order valence-electron chi connectivity index (χ2n) is 4.21. The van der Waals surface area contributed by atoms with Crippen molar-refractivity contribution in [2.24, 2.45) is 5.92 Å². The molecule has 1 aromatic rings. The maximum Gasteiger partial charge on any atom is 0.243 e. The van der Waals surface area contributed by atoms with Gasteiger partial charge in [0.1, 0.15) is 5.82 Å². The topological polar surface area (TPSA) is 29.1 Å². The van der Waals surface area contributed by atoms with Crippen LogP contribution in [0.5, 0.6) is 0 Å². The van der Waals surface area contributed by atoms with Crippen molar-refractivity contribution in [3.8, 4) is 0 Å². The number of benzene rings is 1. The fraction of sp³-hybridized carbons (Fsp3) is 0.308. The molecule has 1 N–H and O–H groups in total. The lowest BCUT2D eigenvalue weighted by Crippen LogP contribution is -2.28. The SMILES string of the molecule is C=CC(=O)NC1c2cc(F)ccc2CC1C. The van der Waals surface area contributed by atoms with Gasteiger partial charge in [0.15, 0.2) is 0 Å². The van der Waals surface area contributed by atoms with Crippen molar-refractivity contribution >= 4 is 5.91 Å². The predicted octanol–water partition coefficient (Wildman–Crippen LogP) is 2.36. The molecule has 0 aromatic heterocycles. The number of rotatable bonds is 2. The van der Waals surface area contributed by atoms with E-state index in [1.807, 2.05) is 6.92 Å². The average molecular weight is 219 g/mol. The normalized spacial score (nSPS) is 22.6. The molecule has 0 heterocycles. The quantitative estimate of drug-likeness (QED) is 0.760. The minimum atomic E-state index is -0.259. The Morgan fingerprint density at radius 3 is 3.06 bits per heavy atom. The molecule has 0 saturated heterocycles. The number of halogens is 1. The van der Waals surface area contributed by atoms with Crippen LogP contribution in [0.2, 0.25) is 0 Å². The summed E-state index contributed by atoms with van der Waals surface area (Å²) >= 11 is 0. The van der Waals surface area contributed by atoms with E-state index in [2.05, 4.69) is 11.9 Å². The van der Waals surface area contributed by atoms with Gasteiger partial charge in [-0.2, -0.15) is 0 Å². The molecule has 2 nitrogen and oxygen atoms in total. The third kappa shape index (κ3) is 1.85. The third-order valence-electron chi connectivity index (χ3n) is 3.04. The van der Waals surface area contributed by atoms with Crippen LogP contribution in [0.3, 0.4) is 0 Å². The summed E-state index contributed by atoms with van der Waals surface area (Å²) in [4.78, 5) is 11.3. The summed E-state index contributed by atoms with van der Waals surface area (Å²) in [6, 6.07) is 4.66. The molecule has 3 heteroatoms. The van der Waals surface area contributed by atoms with Gasteiger partial charge in [0, 0.05) is 0 Å². The van der Waals surface area contributed by atoms with E-state index in [1.165, 1.54) is 18.2 Å². The average Bonchev–Trinajstić information content (AvgIpc) is 2.55. The van der Waals surface area contributed by atoms with Crippen molar-refractivity contribution in [2.75, 3.05) is 0 Å². The molecular formula is C13H14FNO. The Hall–Kier alpha value is -1.64. The van der Waals surface area contributed by atoms with Crippen molar-refractivity contribution in [3.63, 3.8) is 0 Å². The van der Waals surface area contributed by atoms with E-state index >= 15 is 0 Å². The number of hydrogen-bond acceptors (Lipinski definition) is 1. The van der Waals surface area contributed by atoms with Gasteiger partial charge in [0.25, 0.3) is 0 Å². The first-order valence-corrected chi connectivity index (χ1v) is 5.33. The fourth-order valence-electron chi connectivity index (χ4n) is 2.24. The van der Waals surface area contributed by atoms with Gasteiger partial charge in [0.2, 0.25) is 5.91 Å². The van der Waals surface area contributed by atoms with Gasteiger partial charge >= 0.3 is 0 Å². The zero-order valence-electron chi connectivity index (χ0n) is 9.16. The van der Waals surface area contributed by atoms with Crippen molar-refractivity contribution in [2.45, 2.75) is 19.4 Å². The highest BCUT2D eigenvalue weighted by Gasteiger charge is 2.30. The van der Waals surface area contributed by atoms with E-state index in [9.17, 15) is 9.18 Å². The first-order valence-electron chi connectivity index (χ1n) is 5.33. The van der Waals surface area contributed by atoms with Crippen LogP contribution in [0.15, 0.2) is 30.9 Å². The zero-order valence-corrected chi connectivity index (χ0v) is 9.16. The Labute approximate surface area is 94.2 Å². The number of carbonyl (C=O) groups excluding carboxylic acids is 1. The summed E-state index contributed by atoms with van der Waals surface area (Å²) in [5.74, 6) is -0.180. The Morgan fingerprint density at radius 1 is 1.62 bits per heavy atom. The highest BCUT2D eigenvalue weighted by molar-refractivity contribution is 5.87. The molecule has 0 fully saturated rings. The van der Waals surface area contributed by atoms with Gasteiger partial charge in [-0.15, -0.1) is 0 Å². The molecule has 0 radical (unpaired) electrons. The smallest absolute Gasteiger partial charge is 0.243 e. The minimum absolute atomic E-state index is 0.101. The number of fused-ring (bicyclic) bond motifs is 1. The van der Waals surface area contributed by atoms with Crippen LogP contribution < -0.4 is 5.32 Å². The standard InChI is InChI=1S/C13H14FNO/c1-3-12(16)15-13-8(2)6-9-4-5-10(14)7-11(9)13/h3-5,7-8,13H,1,6H2,2H3,(H,15,16). The molecule has 2 unspecified atom stereocenters. The highest BCUT2D eigenvalue weighted by atomic mass is 19.1. The van der Waals surface area contributed by atoms with E-state index in [0.29, 0.717) is 5.92 Å². The summed E-state index contributed by atoms with van der Waals surface area (Å²) in [6.45, 7) is 5.46. The van der Waals surface area contributed by atoms with Crippen LogP contribution >= 0.6 is 0 Å². The molecule has 2 atom stereocenters. The van der Waals surface area contributed by atoms with Gasteiger partial charge in [0.05, 0.1) is 6.04 Å². The number of hydrogen-bond donors (Lipinski definition) is 1. The maximum atomic E-state index is 13.1. The Bertz CT molecular complexity index is 442. The van der Waals surface area contributed by atoms with Crippen molar-refractivity contribution in [3.05, 3.63) is 47.8 Å². The molecular weight excluding hydrogens is 205 g/mol. The second-order valence-corrected chi connectivity index (χ2v) is 4.21. The molecule has 0 bridgehead atoms. The second kappa shape index (κ2) is 4.08.